The Morgan fingerprint density at radius 3 is 2.59 bits per heavy atom. The Morgan fingerprint density at radius 1 is 1.19 bits per heavy atom. The van der Waals surface area contributed by atoms with Crippen molar-refractivity contribution in [3.8, 4) is 11.5 Å². The number of aliphatic hydroxyl groups excluding tert-OH is 1. The number of benzene rings is 2. The zero-order valence-electron chi connectivity index (χ0n) is 18.2. The number of halogens is 1. The van der Waals surface area contributed by atoms with Gasteiger partial charge in [0.1, 0.15) is 24.2 Å². The highest BCUT2D eigenvalue weighted by Crippen LogP contribution is 2.29. The number of β-amino-alcohol motifs (C(OH)–C–C–N with tert-alkyl or cyclic N) is 1. The first-order chi connectivity index (χ1) is 15.4. The Labute approximate surface area is 192 Å². The van der Waals surface area contributed by atoms with Crippen LogP contribution in [0.4, 0.5) is 10.5 Å². The van der Waals surface area contributed by atoms with E-state index in [4.69, 9.17) is 21.1 Å². The summed E-state index contributed by atoms with van der Waals surface area (Å²) in [6.07, 6.45) is -0.0824. The molecule has 1 aliphatic heterocycles. The van der Waals surface area contributed by atoms with Gasteiger partial charge in [0.05, 0.1) is 19.3 Å². The summed E-state index contributed by atoms with van der Waals surface area (Å²) < 4.78 is 10.9. The Hall–Kier alpha value is -2.97. The van der Waals surface area contributed by atoms with E-state index in [0.717, 1.165) is 12.0 Å². The molecule has 8 nitrogen and oxygen atoms in total. The number of hydrogen-bond donors (Lipinski definition) is 2. The number of nitrogens with one attached hydrogen (secondary N) is 1. The van der Waals surface area contributed by atoms with Crippen molar-refractivity contribution in [3.05, 3.63) is 53.1 Å². The predicted octanol–water partition coefficient (Wildman–Crippen LogP) is 3.37. The summed E-state index contributed by atoms with van der Waals surface area (Å²) in [5.41, 5.74) is 1.48. The standard InChI is InChI=1S/C23H28ClN3O5/c1-16(28)25-21-9-8-20(31-2)12-22(21)32-15-19(29)14-27-11-3-10-26(23(27)30)13-17-4-6-18(24)7-5-17/h4-9,12,19,29H,3,10-11,13-15H2,1-2H3,(H,25,28)/t19-/m0/s1. The normalized spacial score (nSPS) is 14.8. The zero-order chi connectivity index (χ0) is 23.1. The van der Waals surface area contributed by atoms with Crippen LogP contribution in [0.5, 0.6) is 11.5 Å². The molecule has 2 aromatic rings. The Bertz CT molecular complexity index is 938. The van der Waals surface area contributed by atoms with Crippen LogP contribution in [0, 0.1) is 0 Å². The molecule has 1 atom stereocenters. The summed E-state index contributed by atoms with van der Waals surface area (Å²) in [7, 11) is 1.53. The molecule has 0 unspecified atom stereocenters. The highest BCUT2D eigenvalue weighted by atomic mass is 35.5. The average Bonchev–Trinajstić information content (AvgIpc) is 2.77. The summed E-state index contributed by atoms with van der Waals surface area (Å²) in [6.45, 7) is 3.23. The Kier molecular flexibility index (Phi) is 8.19. The fraction of sp³-hybridized carbons (Fsp3) is 0.391. The molecule has 0 radical (unpaired) electrons. The molecule has 0 spiro atoms. The number of nitrogens with zero attached hydrogens (tertiary/aromatic N) is 2. The van der Waals surface area contributed by atoms with Gasteiger partial charge in [0, 0.05) is 37.6 Å². The second kappa shape index (κ2) is 11.1. The van der Waals surface area contributed by atoms with Crippen LogP contribution in [-0.4, -0.2) is 66.3 Å². The minimum atomic E-state index is -0.897. The van der Waals surface area contributed by atoms with Crippen LogP contribution < -0.4 is 14.8 Å². The molecule has 1 fully saturated rings. The first-order valence-electron chi connectivity index (χ1n) is 10.4. The van der Waals surface area contributed by atoms with E-state index in [1.807, 2.05) is 12.1 Å². The maximum Gasteiger partial charge on any atom is 0.320 e. The summed E-state index contributed by atoms with van der Waals surface area (Å²) in [4.78, 5) is 27.7. The minimum Gasteiger partial charge on any atom is -0.497 e. The molecule has 3 amide bonds. The smallest absolute Gasteiger partial charge is 0.320 e. The van der Waals surface area contributed by atoms with Gasteiger partial charge < -0.3 is 29.7 Å². The van der Waals surface area contributed by atoms with Crippen LogP contribution in [0.2, 0.25) is 5.02 Å². The first kappa shape index (κ1) is 23.7. The van der Waals surface area contributed by atoms with Crippen LogP contribution in [-0.2, 0) is 11.3 Å². The molecular weight excluding hydrogens is 434 g/mol. The van der Waals surface area contributed by atoms with Crippen molar-refractivity contribution in [2.75, 3.05) is 38.7 Å². The molecule has 1 saturated heterocycles. The number of carbonyl (C=O) groups excluding carboxylic acids is 2. The lowest BCUT2D eigenvalue weighted by Crippen LogP contribution is -2.51. The largest absolute Gasteiger partial charge is 0.497 e. The van der Waals surface area contributed by atoms with Gasteiger partial charge in [0.15, 0.2) is 0 Å². The third-order valence-electron chi connectivity index (χ3n) is 5.05. The SMILES string of the molecule is COc1ccc(NC(C)=O)c(OC[C@@H](O)CN2CCCN(Cc3ccc(Cl)cc3)C2=O)c1. The van der Waals surface area contributed by atoms with E-state index in [1.165, 1.54) is 14.0 Å². The Balaban J connectivity index is 1.57. The molecule has 0 aromatic heterocycles. The lowest BCUT2D eigenvalue weighted by molar-refractivity contribution is -0.114. The lowest BCUT2D eigenvalue weighted by Gasteiger charge is -2.36. The second-order valence-electron chi connectivity index (χ2n) is 7.64. The van der Waals surface area contributed by atoms with Gasteiger partial charge in [-0.25, -0.2) is 4.79 Å². The van der Waals surface area contributed by atoms with E-state index >= 15 is 0 Å². The third-order valence-corrected chi connectivity index (χ3v) is 5.30. The molecule has 1 aliphatic rings. The summed E-state index contributed by atoms with van der Waals surface area (Å²) in [6, 6.07) is 12.3. The molecule has 0 saturated carbocycles. The van der Waals surface area contributed by atoms with Crippen molar-refractivity contribution in [3.63, 3.8) is 0 Å². The van der Waals surface area contributed by atoms with Crippen molar-refractivity contribution in [1.82, 2.24) is 9.80 Å². The number of urea groups is 1. The topological polar surface area (TPSA) is 91.3 Å². The number of aliphatic hydroxyl groups is 1. The molecule has 1 heterocycles. The molecule has 172 valence electrons. The van der Waals surface area contributed by atoms with E-state index in [-0.39, 0.29) is 25.1 Å². The van der Waals surface area contributed by atoms with Gasteiger partial charge in [0.25, 0.3) is 0 Å². The van der Waals surface area contributed by atoms with Crippen LogP contribution in [0.15, 0.2) is 42.5 Å². The molecule has 0 bridgehead atoms. The van der Waals surface area contributed by atoms with Gasteiger partial charge in [-0.3, -0.25) is 4.79 Å². The highest BCUT2D eigenvalue weighted by molar-refractivity contribution is 6.30. The number of hydrogen-bond acceptors (Lipinski definition) is 5. The summed E-state index contributed by atoms with van der Waals surface area (Å²) >= 11 is 5.93. The molecule has 0 aliphatic carbocycles. The minimum absolute atomic E-state index is 0.0410. The van der Waals surface area contributed by atoms with Crippen molar-refractivity contribution in [2.24, 2.45) is 0 Å². The quantitative estimate of drug-likeness (QED) is 0.597. The van der Waals surface area contributed by atoms with E-state index < -0.39 is 6.10 Å². The molecule has 2 aromatic carbocycles. The average molecular weight is 462 g/mol. The molecule has 32 heavy (non-hydrogen) atoms. The molecular formula is C23H28ClN3O5. The van der Waals surface area contributed by atoms with E-state index in [1.54, 1.807) is 40.1 Å². The van der Waals surface area contributed by atoms with Gasteiger partial charge in [0.2, 0.25) is 5.91 Å². The van der Waals surface area contributed by atoms with E-state index in [2.05, 4.69) is 5.32 Å². The van der Waals surface area contributed by atoms with Gasteiger partial charge in [-0.15, -0.1) is 0 Å². The van der Waals surface area contributed by atoms with Crippen LogP contribution >= 0.6 is 11.6 Å². The fourth-order valence-electron chi connectivity index (χ4n) is 3.51. The monoisotopic (exact) mass is 461 g/mol. The first-order valence-corrected chi connectivity index (χ1v) is 10.8. The number of carbonyl (C=O) groups is 2. The van der Waals surface area contributed by atoms with Crippen molar-refractivity contribution < 1.29 is 24.2 Å². The van der Waals surface area contributed by atoms with Gasteiger partial charge >= 0.3 is 6.03 Å². The maximum atomic E-state index is 12.9. The second-order valence-corrected chi connectivity index (χ2v) is 8.07. The van der Waals surface area contributed by atoms with Crippen LogP contribution in [0.1, 0.15) is 18.9 Å². The maximum absolute atomic E-state index is 12.9. The lowest BCUT2D eigenvalue weighted by atomic mass is 10.2. The van der Waals surface area contributed by atoms with E-state index in [9.17, 15) is 14.7 Å². The molecule has 3 rings (SSSR count). The van der Waals surface area contributed by atoms with Gasteiger partial charge in [-0.1, -0.05) is 23.7 Å². The van der Waals surface area contributed by atoms with Gasteiger partial charge in [-0.2, -0.15) is 0 Å². The third kappa shape index (κ3) is 6.51. The van der Waals surface area contributed by atoms with Crippen LogP contribution in [0.3, 0.4) is 0 Å². The van der Waals surface area contributed by atoms with Crippen molar-refractivity contribution in [2.45, 2.75) is 26.0 Å². The number of anilines is 1. The fourth-order valence-corrected chi connectivity index (χ4v) is 3.63. The number of rotatable bonds is 9. The van der Waals surface area contributed by atoms with Crippen molar-refractivity contribution >= 4 is 29.2 Å². The Morgan fingerprint density at radius 2 is 1.91 bits per heavy atom. The number of amides is 3. The number of ether oxygens (including phenoxy) is 2. The van der Waals surface area contributed by atoms with Gasteiger partial charge in [-0.05, 0) is 36.2 Å². The van der Waals surface area contributed by atoms with Crippen molar-refractivity contribution in [1.29, 1.82) is 0 Å². The zero-order valence-corrected chi connectivity index (χ0v) is 19.0. The number of methoxy groups -OCH3 is 1. The highest BCUT2D eigenvalue weighted by Gasteiger charge is 2.27. The molecule has 2 N–H and O–H groups in total. The van der Waals surface area contributed by atoms with E-state index in [0.29, 0.717) is 41.8 Å². The van der Waals surface area contributed by atoms with Crippen LogP contribution in [0.25, 0.3) is 0 Å². The molecule has 9 heteroatoms. The predicted molar refractivity (Wildman–Crippen MR) is 122 cm³/mol. The summed E-state index contributed by atoms with van der Waals surface area (Å²) in [5, 5.41) is 13.9. The summed E-state index contributed by atoms with van der Waals surface area (Å²) in [5.74, 6) is 0.709.